The highest BCUT2D eigenvalue weighted by Gasteiger charge is 2.33. The van der Waals surface area contributed by atoms with E-state index in [2.05, 4.69) is 20.8 Å². The number of carbonyl (C=O) groups is 2. The SMILES string of the molecule is CC(C)(C)C1CCN(C(=O)CCCC(=O)O)C1. The van der Waals surface area contributed by atoms with Crippen molar-refractivity contribution in [3.05, 3.63) is 0 Å². The van der Waals surface area contributed by atoms with E-state index in [4.69, 9.17) is 5.11 Å². The summed E-state index contributed by atoms with van der Waals surface area (Å²) in [7, 11) is 0. The molecular weight excluding hydrogens is 218 g/mol. The number of nitrogens with zero attached hydrogens (tertiary/aromatic N) is 1. The number of aliphatic carboxylic acids is 1. The van der Waals surface area contributed by atoms with Crippen LogP contribution in [0.1, 0.15) is 46.5 Å². The van der Waals surface area contributed by atoms with Gasteiger partial charge in [-0.3, -0.25) is 9.59 Å². The zero-order chi connectivity index (χ0) is 13.1. The summed E-state index contributed by atoms with van der Waals surface area (Å²) < 4.78 is 0. The Morgan fingerprint density at radius 1 is 1.29 bits per heavy atom. The smallest absolute Gasteiger partial charge is 0.303 e. The van der Waals surface area contributed by atoms with Crippen molar-refractivity contribution in [1.82, 2.24) is 4.90 Å². The number of carboxylic acids is 1. The average molecular weight is 241 g/mol. The third kappa shape index (κ3) is 4.36. The van der Waals surface area contributed by atoms with E-state index < -0.39 is 5.97 Å². The summed E-state index contributed by atoms with van der Waals surface area (Å²) >= 11 is 0. The first-order chi connectivity index (χ1) is 7.80. The van der Waals surface area contributed by atoms with Crippen LogP contribution in [-0.2, 0) is 9.59 Å². The molecule has 0 aliphatic carbocycles. The minimum absolute atomic E-state index is 0.0856. The lowest BCUT2D eigenvalue weighted by Crippen LogP contribution is -2.31. The third-order valence-electron chi connectivity index (χ3n) is 3.55. The van der Waals surface area contributed by atoms with E-state index in [1.165, 1.54) is 0 Å². The molecule has 98 valence electrons. The maximum Gasteiger partial charge on any atom is 0.303 e. The van der Waals surface area contributed by atoms with Crippen LogP contribution in [0.25, 0.3) is 0 Å². The number of hydrogen-bond acceptors (Lipinski definition) is 2. The van der Waals surface area contributed by atoms with Gasteiger partial charge in [0.15, 0.2) is 0 Å². The van der Waals surface area contributed by atoms with Crippen LogP contribution >= 0.6 is 0 Å². The molecule has 4 nitrogen and oxygen atoms in total. The second-order valence-electron chi connectivity index (χ2n) is 5.94. The van der Waals surface area contributed by atoms with Gasteiger partial charge in [0, 0.05) is 25.9 Å². The van der Waals surface area contributed by atoms with Crippen LogP contribution < -0.4 is 0 Å². The highest BCUT2D eigenvalue weighted by molar-refractivity contribution is 5.77. The van der Waals surface area contributed by atoms with E-state index in [0.717, 1.165) is 19.5 Å². The second kappa shape index (κ2) is 5.52. The molecule has 1 aliphatic rings. The Kier molecular flexibility index (Phi) is 4.54. The van der Waals surface area contributed by atoms with Crippen molar-refractivity contribution < 1.29 is 14.7 Å². The van der Waals surface area contributed by atoms with Crippen molar-refractivity contribution in [2.75, 3.05) is 13.1 Å². The van der Waals surface area contributed by atoms with Gasteiger partial charge in [-0.1, -0.05) is 20.8 Å². The van der Waals surface area contributed by atoms with Gasteiger partial charge < -0.3 is 10.0 Å². The molecule has 1 heterocycles. The largest absolute Gasteiger partial charge is 0.481 e. The number of carboxylic acid groups (broad SMARTS) is 1. The summed E-state index contributed by atoms with van der Waals surface area (Å²) in [6, 6.07) is 0. The van der Waals surface area contributed by atoms with Crippen LogP contribution in [0.4, 0.5) is 0 Å². The predicted molar refractivity (Wildman–Crippen MR) is 65.6 cm³/mol. The van der Waals surface area contributed by atoms with Gasteiger partial charge in [0.05, 0.1) is 0 Å². The monoisotopic (exact) mass is 241 g/mol. The fraction of sp³-hybridized carbons (Fsp3) is 0.846. The summed E-state index contributed by atoms with van der Waals surface area (Å²) in [5.41, 5.74) is 0.246. The molecule has 1 aliphatic heterocycles. The number of hydrogen-bond donors (Lipinski definition) is 1. The Bertz CT molecular complexity index is 294. The molecule has 0 aromatic heterocycles. The normalized spacial score (nSPS) is 20.6. The van der Waals surface area contributed by atoms with E-state index in [1.807, 2.05) is 4.90 Å². The molecule has 1 unspecified atom stereocenters. The summed E-state index contributed by atoms with van der Waals surface area (Å²) in [5.74, 6) is -0.157. The minimum atomic E-state index is -0.827. The quantitative estimate of drug-likeness (QED) is 0.820. The fourth-order valence-electron chi connectivity index (χ4n) is 2.24. The van der Waals surface area contributed by atoms with Crippen molar-refractivity contribution in [3.63, 3.8) is 0 Å². The van der Waals surface area contributed by atoms with Gasteiger partial charge in [-0.15, -0.1) is 0 Å². The van der Waals surface area contributed by atoms with E-state index in [0.29, 0.717) is 18.8 Å². The van der Waals surface area contributed by atoms with Crippen LogP contribution in [0.15, 0.2) is 0 Å². The summed E-state index contributed by atoms with van der Waals surface area (Å²) in [6.07, 6.45) is 1.96. The molecular formula is C13H23NO3. The molecule has 1 rings (SSSR count). The van der Waals surface area contributed by atoms with Crippen LogP contribution in [0, 0.1) is 11.3 Å². The molecule has 0 aromatic rings. The summed E-state index contributed by atoms with van der Waals surface area (Å²) in [5, 5.41) is 8.52. The van der Waals surface area contributed by atoms with Crippen LogP contribution in [-0.4, -0.2) is 35.0 Å². The minimum Gasteiger partial charge on any atom is -0.481 e. The molecule has 4 heteroatoms. The molecule has 0 aromatic carbocycles. The number of likely N-dealkylation sites (tertiary alicyclic amines) is 1. The lowest BCUT2D eigenvalue weighted by molar-refractivity contribution is -0.137. The highest BCUT2D eigenvalue weighted by atomic mass is 16.4. The molecule has 0 radical (unpaired) electrons. The average Bonchev–Trinajstić information content (AvgIpc) is 2.64. The van der Waals surface area contributed by atoms with Crippen LogP contribution in [0.3, 0.4) is 0 Å². The molecule has 0 spiro atoms. The van der Waals surface area contributed by atoms with Gasteiger partial charge in [-0.25, -0.2) is 0 Å². The van der Waals surface area contributed by atoms with Crippen molar-refractivity contribution in [2.24, 2.45) is 11.3 Å². The standard InChI is InChI=1S/C13H23NO3/c1-13(2,3)10-7-8-14(9-10)11(15)5-4-6-12(16)17/h10H,4-9H2,1-3H3,(H,16,17). The molecule has 0 bridgehead atoms. The van der Waals surface area contributed by atoms with Crippen LogP contribution in [0.2, 0.25) is 0 Å². The molecule has 1 atom stereocenters. The molecule has 1 N–H and O–H groups in total. The van der Waals surface area contributed by atoms with Gasteiger partial charge in [0.2, 0.25) is 5.91 Å². The number of carbonyl (C=O) groups excluding carboxylic acids is 1. The Morgan fingerprint density at radius 2 is 1.94 bits per heavy atom. The zero-order valence-corrected chi connectivity index (χ0v) is 11.0. The van der Waals surface area contributed by atoms with Gasteiger partial charge in [0.25, 0.3) is 0 Å². The first-order valence-corrected chi connectivity index (χ1v) is 6.30. The zero-order valence-electron chi connectivity index (χ0n) is 11.0. The van der Waals surface area contributed by atoms with Crippen LogP contribution in [0.5, 0.6) is 0 Å². The van der Waals surface area contributed by atoms with Crippen molar-refractivity contribution in [3.8, 4) is 0 Å². The van der Waals surface area contributed by atoms with E-state index in [-0.39, 0.29) is 17.7 Å². The molecule has 0 saturated carbocycles. The third-order valence-corrected chi connectivity index (χ3v) is 3.55. The summed E-state index contributed by atoms with van der Waals surface area (Å²) in [6.45, 7) is 8.27. The van der Waals surface area contributed by atoms with E-state index in [9.17, 15) is 9.59 Å². The van der Waals surface area contributed by atoms with E-state index in [1.54, 1.807) is 0 Å². The Labute approximate surface area is 103 Å². The lowest BCUT2D eigenvalue weighted by Gasteiger charge is -2.27. The second-order valence-corrected chi connectivity index (χ2v) is 5.94. The molecule has 17 heavy (non-hydrogen) atoms. The number of amides is 1. The van der Waals surface area contributed by atoms with Gasteiger partial charge in [0.1, 0.15) is 0 Å². The topological polar surface area (TPSA) is 57.6 Å². The number of rotatable bonds is 4. The van der Waals surface area contributed by atoms with Crippen molar-refractivity contribution in [1.29, 1.82) is 0 Å². The Hall–Kier alpha value is -1.06. The lowest BCUT2D eigenvalue weighted by atomic mass is 9.80. The maximum atomic E-state index is 11.8. The highest BCUT2D eigenvalue weighted by Crippen LogP contribution is 2.33. The maximum absolute atomic E-state index is 11.8. The Morgan fingerprint density at radius 3 is 2.41 bits per heavy atom. The van der Waals surface area contributed by atoms with Gasteiger partial charge >= 0.3 is 5.97 Å². The first-order valence-electron chi connectivity index (χ1n) is 6.30. The van der Waals surface area contributed by atoms with Crippen molar-refractivity contribution >= 4 is 11.9 Å². The molecule has 1 saturated heterocycles. The van der Waals surface area contributed by atoms with Gasteiger partial charge in [-0.2, -0.15) is 0 Å². The van der Waals surface area contributed by atoms with Crippen molar-refractivity contribution in [2.45, 2.75) is 46.5 Å². The van der Waals surface area contributed by atoms with Gasteiger partial charge in [-0.05, 0) is 24.2 Å². The fourth-order valence-corrected chi connectivity index (χ4v) is 2.24. The molecule has 1 fully saturated rings. The Balaban J connectivity index is 2.33. The summed E-state index contributed by atoms with van der Waals surface area (Å²) in [4.78, 5) is 24.1. The van der Waals surface area contributed by atoms with E-state index >= 15 is 0 Å². The molecule has 1 amide bonds. The first kappa shape index (κ1) is 14.0. The predicted octanol–water partition coefficient (Wildman–Crippen LogP) is 2.14.